The predicted octanol–water partition coefficient (Wildman–Crippen LogP) is 5.34. The van der Waals surface area contributed by atoms with Gasteiger partial charge in [0.2, 0.25) is 0 Å². The summed E-state index contributed by atoms with van der Waals surface area (Å²) in [5.74, 6) is -1.01. The summed E-state index contributed by atoms with van der Waals surface area (Å²) in [4.78, 5) is 25.3. The number of benzene rings is 2. The van der Waals surface area contributed by atoms with E-state index in [0.717, 1.165) is 4.31 Å². The van der Waals surface area contributed by atoms with Crippen LogP contribution in [0.1, 0.15) is 31.1 Å². The minimum Gasteiger partial charge on any atom is -0.443 e. The first-order valence-corrected chi connectivity index (χ1v) is 10.7. The quantitative estimate of drug-likeness (QED) is 0.541. The van der Waals surface area contributed by atoms with E-state index in [-0.39, 0.29) is 10.5 Å². The third kappa shape index (κ3) is 3.15. The highest BCUT2D eigenvalue weighted by Gasteiger charge is 2.39. The van der Waals surface area contributed by atoms with Gasteiger partial charge >= 0.3 is 6.09 Å². The van der Waals surface area contributed by atoms with Crippen LogP contribution in [0, 0.1) is 5.82 Å². The summed E-state index contributed by atoms with van der Waals surface area (Å²) in [6, 6.07) is 8.75. The number of ether oxygens (including phenoxy) is 1. The fourth-order valence-electron chi connectivity index (χ4n) is 3.43. The number of aromatic nitrogens is 1. The molecule has 1 aliphatic rings. The van der Waals surface area contributed by atoms with Crippen molar-refractivity contribution >= 4 is 33.7 Å². The number of rotatable bonds is 1. The molecule has 1 amide bonds. The van der Waals surface area contributed by atoms with E-state index in [1.54, 1.807) is 39.0 Å². The molecular formula is C21H21FN2O5S. The van der Waals surface area contributed by atoms with Crippen LogP contribution < -0.4 is 0 Å². The molecule has 0 fully saturated rings. The molecule has 0 bridgehead atoms. The number of carbonyl (C=O) groups is 2. The summed E-state index contributed by atoms with van der Waals surface area (Å²) in [5.41, 5.74) is 0.923. The van der Waals surface area contributed by atoms with Gasteiger partial charge < -0.3 is 4.74 Å². The van der Waals surface area contributed by atoms with Gasteiger partial charge in [0.25, 0.3) is 5.91 Å². The molecule has 0 saturated carbocycles. The Kier molecular flexibility index (Phi) is 4.46. The third-order valence-corrected chi connectivity index (χ3v) is 6.72. The van der Waals surface area contributed by atoms with Crippen molar-refractivity contribution in [2.45, 2.75) is 31.3 Å². The Labute approximate surface area is 174 Å². The molecule has 3 aromatic rings. The maximum Gasteiger partial charge on any atom is 0.419 e. The van der Waals surface area contributed by atoms with Gasteiger partial charge in [-0.3, -0.25) is 18.5 Å². The number of amides is 1. The molecule has 0 unspecified atom stereocenters. The lowest BCUT2D eigenvalue weighted by atomic mass is 10.0. The Balaban J connectivity index is 1.89. The van der Waals surface area contributed by atoms with Crippen LogP contribution in [0.4, 0.5) is 9.18 Å². The third-order valence-electron chi connectivity index (χ3n) is 4.84. The van der Waals surface area contributed by atoms with Crippen molar-refractivity contribution in [2.24, 2.45) is 0 Å². The Morgan fingerprint density at radius 1 is 1.10 bits per heavy atom. The van der Waals surface area contributed by atoms with E-state index in [4.69, 9.17) is 4.74 Å². The number of nitrogens with zero attached hydrogens (tertiary/aromatic N) is 2. The van der Waals surface area contributed by atoms with E-state index < -0.39 is 34.2 Å². The molecule has 0 spiro atoms. The molecule has 2 aromatic carbocycles. The van der Waals surface area contributed by atoms with Crippen LogP contribution in [0.3, 0.4) is 0 Å². The first-order chi connectivity index (χ1) is 13.9. The number of carbonyl (C=O) groups excluding carboxylic acids is 2. The predicted molar refractivity (Wildman–Crippen MR) is 112 cm³/mol. The molecule has 30 heavy (non-hydrogen) atoms. The van der Waals surface area contributed by atoms with Gasteiger partial charge in [-0.05, 0) is 56.7 Å². The van der Waals surface area contributed by atoms with E-state index >= 15 is 0 Å². The standard InChI is InChI=1S/C21H21FN2O5S/c1-21(2,3)29-20(26)24-11-16(14-7-6-13(22)10-17(14)24)12-5-8-18-15(9-12)19(25)23(4)30(18,27)28/h5-11,27-28H,1-4H3. The molecule has 4 rings (SSSR count). The summed E-state index contributed by atoms with van der Waals surface area (Å²) in [7, 11) is -2.03. The molecule has 0 aliphatic carbocycles. The largest absolute Gasteiger partial charge is 0.443 e. The van der Waals surface area contributed by atoms with Crippen molar-refractivity contribution in [2.75, 3.05) is 7.05 Å². The molecule has 158 valence electrons. The number of halogens is 1. The van der Waals surface area contributed by atoms with E-state index in [2.05, 4.69) is 0 Å². The van der Waals surface area contributed by atoms with Crippen LogP contribution in [-0.2, 0) is 4.74 Å². The maximum atomic E-state index is 13.9. The van der Waals surface area contributed by atoms with E-state index in [9.17, 15) is 23.1 Å². The lowest BCUT2D eigenvalue weighted by Crippen LogP contribution is -2.26. The summed E-state index contributed by atoms with van der Waals surface area (Å²) in [6.07, 6.45) is 0.872. The molecule has 1 aliphatic heterocycles. The molecule has 9 heteroatoms. The van der Waals surface area contributed by atoms with Crippen molar-refractivity contribution in [1.29, 1.82) is 0 Å². The van der Waals surface area contributed by atoms with Crippen molar-refractivity contribution in [1.82, 2.24) is 8.87 Å². The number of hydrogen-bond donors (Lipinski definition) is 2. The minimum absolute atomic E-state index is 0.153. The first-order valence-electron chi connectivity index (χ1n) is 9.15. The zero-order chi connectivity index (χ0) is 22.0. The highest BCUT2D eigenvalue weighted by molar-refractivity contribution is 8.23. The Morgan fingerprint density at radius 3 is 2.47 bits per heavy atom. The monoisotopic (exact) mass is 432 g/mol. The fourth-order valence-corrected chi connectivity index (χ4v) is 4.74. The van der Waals surface area contributed by atoms with Gasteiger partial charge in [-0.2, -0.15) is 0 Å². The van der Waals surface area contributed by atoms with Crippen molar-refractivity contribution in [3.63, 3.8) is 0 Å². The highest BCUT2D eigenvalue weighted by Crippen LogP contribution is 2.58. The van der Waals surface area contributed by atoms with Gasteiger partial charge in [0.15, 0.2) is 0 Å². The Morgan fingerprint density at radius 2 is 1.80 bits per heavy atom. The second kappa shape index (κ2) is 6.56. The van der Waals surface area contributed by atoms with Crippen molar-refractivity contribution < 1.29 is 27.8 Å². The summed E-state index contributed by atoms with van der Waals surface area (Å²) >= 11 is 0. The summed E-state index contributed by atoms with van der Waals surface area (Å²) in [6.45, 7) is 5.21. The first kappa shape index (κ1) is 20.4. The van der Waals surface area contributed by atoms with Gasteiger partial charge in [0.05, 0.1) is 16.0 Å². The molecule has 2 heterocycles. The molecule has 0 radical (unpaired) electrons. The Bertz CT molecular complexity index is 1210. The highest BCUT2D eigenvalue weighted by atomic mass is 32.3. The lowest BCUT2D eigenvalue weighted by molar-refractivity contribution is 0.0544. The molecule has 7 nitrogen and oxygen atoms in total. The van der Waals surface area contributed by atoms with E-state index in [0.29, 0.717) is 22.0 Å². The lowest BCUT2D eigenvalue weighted by Gasteiger charge is -2.34. The van der Waals surface area contributed by atoms with E-state index in [1.165, 1.54) is 36.0 Å². The molecular weight excluding hydrogens is 411 g/mol. The van der Waals surface area contributed by atoms with E-state index in [1.807, 2.05) is 0 Å². The summed E-state index contributed by atoms with van der Waals surface area (Å²) < 4.78 is 42.0. The second-order valence-corrected chi connectivity index (χ2v) is 10.1. The van der Waals surface area contributed by atoms with Crippen LogP contribution in [0.15, 0.2) is 47.5 Å². The van der Waals surface area contributed by atoms with Crippen LogP contribution in [0.2, 0.25) is 0 Å². The van der Waals surface area contributed by atoms with Gasteiger partial charge in [-0.15, -0.1) is 0 Å². The Hall–Kier alpha value is -2.88. The van der Waals surface area contributed by atoms with Gasteiger partial charge in [0, 0.05) is 24.2 Å². The maximum absolute atomic E-state index is 13.9. The SMILES string of the molecule is CN1C(=O)c2cc(-c3cn(C(=O)OC(C)(C)C)c4cc(F)ccc34)ccc2S1(O)O. The average Bonchev–Trinajstić information content (AvgIpc) is 3.10. The normalized spacial score (nSPS) is 16.6. The van der Waals surface area contributed by atoms with Gasteiger partial charge in [0.1, 0.15) is 11.4 Å². The van der Waals surface area contributed by atoms with Crippen molar-refractivity contribution in [3.05, 3.63) is 54.0 Å². The van der Waals surface area contributed by atoms with Crippen LogP contribution in [0.5, 0.6) is 0 Å². The second-order valence-electron chi connectivity index (χ2n) is 8.09. The van der Waals surface area contributed by atoms with Crippen LogP contribution in [0.25, 0.3) is 22.0 Å². The van der Waals surface area contributed by atoms with Crippen LogP contribution in [-0.4, -0.2) is 42.6 Å². The topological polar surface area (TPSA) is 92.0 Å². The summed E-state index contributed by atoms with van der Waals surface area (Å²) in [5, 5.41) is 0.590. The average molecular weight is 432 g/mol. The molecule has 2 N–H and O–H groups in total. The van der Waals surface area contributed by atoms with Crippen molar-refractivity contribution in [3.8, 4) is 11.1 Å². The molecule has 1 aromatic heterocycles. The van der Waals surface area contributed by atoms with Crippen LogP contribution >= 0.6 is 10.8 Å². The van der Waals surface area contributed by atoms with Gasteiger partial charge in [-0.1, -0.05) is 16.8 Å². The zero-order valence-corrected chi connectivity index (χ0v) is 17.7. The van der Waals surface area contributed by atoms with Gasteiger partial charge in [-0.25, -0.2) is 13.5 Å². The smallest absolute Gasteiger partial charge is 0.419 e. The number of hydrogen-bond acceptors (Lipinski definition) is 5. The zero-order valence-electron chi connectivity index (χ0n) is 16.8. The molecule has 0 atom stereocenters. The minimum atomic E-state index is -3.35. The molecule has 0 saturated heterocycles. The fraction of sp³-hybridized carbons (Fsp3) is 0.238. The number of fused-ring (bicyclic) bond motifs is 2.